The van der Waals surface area contributed by atoms with Crippen LogP contribution in [-0.4, -0.2) is 59.9 Å². The molecule has 1 N–H and O–H groups in total. The van der Waals surface area contributed by atoms with Crippen molar-refractivity contribution in [3.63, 3.8) is 0 Å². The monoisotopic (exact) mass is 738 g/mol. The van der Waals surface area contributed by atoms with Gasteiger partial charge >= 0.3 is 11.9 Å². The van der Waals surface area contributed by atoms with Crippen molar-refractivity contribution in [3.05, 3.63) is 0 Å². The Kier molecular flexibility index (Phi) is 37.3. The van der Waals surface area contributed by atoms with Gasteiger partial charge in [0.15, 0.2) is 0 Å². The first kappa shape index (κ1) is 50.9. The highest BCUT2D eigenvalue weighted by Crippen LogP contribution is 2.26. The van der Waals surface area contributed by atoms with Crippen molar-refractivity contribution < 1.29 is 24.2 Å². The van der Waals surface area contributed by atoms with E-state index in [1.165, 1.54) is 109 Å². The molecule has 0 saturated carbocycles. The fourth-order valence-electron chi connectivity index (χ4n) is 7.57. The average molecular weight is 738 g/mol. The maximum absolute atomic E-state index is 12.7. The lowest BCUT2D eigenvalue weighted by Gasteiger charge is -2.29. The van der Waals surface area contributed by atoms with Crippen LogP contribution < -0.4 is 0 Å². The summed E-state index contributed by atoms with van der Waals surface area (Å²) in [5, 5.41) is 9.60. The van der Waals surface area contributed by atoms with E-state index < -0.39 is 0 Å². The van der Waals surface area contributed by atoms with E-state index in [1.54, 1.807) is 0 Å². The zero-order chi connectivity index (χ0) is 38.4. The molecule has 0 amide bonds. The van der Waals surface area contributed by atoms with E-state index in [2.05, 4.69) is 39.5 Å². The zero-order valence-electron chi connectivity index (χ0n) is 35.8. The predicted octanol–water partition coefficient (Wildman–Crippen LogP) is 13.4. The van der Waals surface area contributed by atoms with Gasteiger partial charge in [-0.15, -0.1) is 0 Å². The minimum atomic E-state index is -0.319. The summed E-state index contributed by atoms with van der Waals surface area (Å²) in [5.41, 5.74) is -0.319. The molecule has 0 aromatic carbocycles. The van der Waals surface area contributed by atoms with Gasteiger partial charge in [-0.05, 0) is 90.6 Å². The highest BCUT2D eigenvalue weighted by Gasteiger charge is 2.27. The summed E-state index contributed by atoms with van der Waals surface area (Å²) in [6.07, 6.45) is 37.4. The summed E-state index contributed by atoms with van der Waals surface area (Å²) in [5.74, 6) is -0.0314. The summed E-state index contributed by atoms with van der Waals surface area (Å²) in [7, 11) is 0. The SMILES string of the molecule is CCCCCCCCC(CCCCCCCC)OC(=O)CCCCCCCN(CCO)CCCCCC(=O)OC(C)(CCC)CCCCCCCC. The highest BCUT2D eigenvalue weighted by molar-refractivity contribution is 5.70. The van der Waals surface area contributed by atoms with Gasteiger partial charge in [-0.1, -0.05) is 156 Å². The molecule has 0 rings (SSSR count). The van der Waals surface area contributed by atoms with Crippen LogP contribution >= 0.6 is 0 Å². The molecule has 6 heteroatoms. The van der Waals surface area contributed by atoms with E-state index >= 15 is 0 Å². The topological polar surface area (TPSA) is 76.1 Å². The molecule has 52 heavy (non-hydrogen) atoms. The van der Waals surface area contributed by atoms with Crippen LogP contribution in [0.3, 0.4) is 0 Å². The summed E-state index contributed by atoms with van der Waals surface area (Å²) in [6, 6.07) is 0. The van der Waals surface area contributed by atoms with Gasteiger partial charge < -0.3 is 19.5 Å². The zero-order valence-corrected chi connectivity index (χ0v) is 35.8. The van der Waals surface area contributed by atoms with Crippen molar-refractivity contribution in [1.82, 2.24) is 4.90 Å². The fourth-order valence-corrected chi connectivity index (χ4v) is 7.57. The molecular weight excluding hydrogens is 647 g/mol. The van der Waals surface area contributed by atoms with Crippen LogP contribution in [0.25, 0.3) is 0 Å². The number of carbonyl (C=O) groups excluding carboxylic acids is 2. The summed E-state index contributed by atoms with van der Waals surface area (Å²) in [6.45, 7) is 13.9. The molecule has 0 radical (unpaired) electrons. The van der Waals surface area contributed by atoms with Gasteiger partial charge in [-0.3, -0.25) is 9.59 Å². The second kappa shape index (κ2) is 38.1. The van der Waals surface area contributed by atoms with E-state index in [0.717, 1.165) is 103 Å². The van der Waals surface area contributed by atoms with Crippen molar-refractivity contribution >= 4 is 11.9 Å². The number of rotatable bonds is 41. The van der Waals surface area contributed by atoms with Crippen LogP contribution in [0.4, 0.5) is 0 Å². The van der Waals surface area contributed by atoms with Gasteiger partial charge in [0.2, 0.25) is 0 Å². The van der Waals surface area contributed by atoms with Gasteiger partial charge in [0.25, 0.3) is 0 Å². The van der Waals surface area contributed by atoms with E-state index in [1.807, 2.05) is 0 Å². The molecule has 0 saturated heterocycles. The Hall–Kier alpha value is -1.14. The lowest BCUT2D eigenvalue weighted by molar-refractivity contribution is -0.160. The predicted molar refractivity (Wildman–Crippen MR) is 223 cm³/mol. The standard InChI is InChI=1S/C46H91NO5/c1-6-10-13-16-20-26-33-43(34-27-21-17-14-11-7-2)51-44(49)35-28-22-19-24-31-39-47(41-42-48)40-32-25-29-36-45(50)52-46(5,37-9-4)38-30-23-18-15-12-8-3/h43,48H,6-42H2,1-5H3. The van der Waals surface area contributed by atoms with Crippen LogP contribution in [0.2, 0.25) is 0 Å². The minimum Gasteiger partial charge on any atom is -0.462 e. The van der Waals surface area contributed by atoms with Crippen molar-refractivity contribution in [2.24, 2.45) is 0 Å². The Labute approximate surface area is 324 Å². The molecule has 0 heterocycles. The van der Waals surface area contributed by atoms with Crippen LogP contribution in [0, 0.1) is 0 Å². The second-order valence-corrected chi connectivity index (χ2v) is 16.3. The number of hydrogen-bond acceptors (Lipinski definition) is 6. The second-order valence-electron chi connectivity index (χ2n) is 16.3. The minimum absolute atomic E-state index is 0.00694. The van der Waals surface area contributed by atoms with E-state index in [0.29, 0.717) is 19.4 Å². The molecule has 0 fully saturated rings. The molecule has 0 aliphatic carbocycles. The van der Waals surface area contributed by atoms with Crippen LogP contribution in [0.15, 0.2) is 0 Å². The molecule has 310 valence electrons. The Morgan fingerprint density at radius 1 is 0.500 bits per heavy atom. The summed E-state index contributed by atoms with van der Waals surface area (Å²) < 4.78 is 12.1. The lowest BCUT2D eigenvalue weighted by Crippen LogP contribution is -2.31. The van der Waals surface area contributed by atoms with E-state index in [9.17, 15) is 14.7 Å². The van der Waals surface area contributed by atoms with Gasteiger partial charge in [-0.25, -0.2) is 0 Å². The number of ether oxygens (including phenoxy) is 2. The molecule has 1 unspecified atom stereocenters. The van der Waals surface area contributed by atoms with Crippen LogP contribution in [0.5, 0.6) is 0 Å². The van der Waals surface area contributed by atoms with E-state index in [-0.39, 0.29) is 30.3 Å². The number of unbranched alkanes of at least 4 members (excludes halogenated alkanes) is 21. The lowest BCUT2D eigenvalue weighted by atomic mass is 9.92. The Morgan fingerprint density at radius 3 is 1.42 bits per heavy atom. The Bertz CT molecular complexity index is 760. The van der Waals surface area contributed by atoms with Crippen molar-refractivity contribution in [2.75, 3.05) is 26.2 Å². The van der Waals surface area contributed by atoms with E-state index in [4.69, 9.17) is 9.47 Å². The van der Waals surface area contributed by atoms with Gasteiger partial charge in [0.1, 0.15) is 11.7 Å². The first-order valence-corrected chi connectivity index (χ1v) is 23.1. The van der Waals surface area contributed by atoms with Crippen molar-refractivity contribution in [2.45, 2.75) is 258 Å². The first-order chi connectivity index (χ1) is 25.3. The molecular formula is C46H91NO5. The number of nitrogens with zero attached hydrogens (tertiary/aromatic N) is 1. The van der Waals surface area contributed by atoms with Crippen molar-refractivity contribution in [1.29, 1.82) is 0 Å². The number of aliphatic hydroxyl groups is 1. The number of hydrogen-bond donors (Lipinski definition) is 1. The quantitative estimate of drug-likeness (QED) is 0.0497. The average Bonchev–Trinajstić information content (AvgIpc) is 3.11. The highest BCUT2D eigenvalue weighted by atomic mass is 16.6. The van der Waals surface area contributed by atoms with Crippen LogP contribution in [0.1, 0.15) is 247 Å². The third-order valence-electron chi connectivity index (χ3n) is 10.9. The van der Waals surface area contributed by atoms with Crippen molar-refractivity contribution in [3.8, 4) is 0 Å². The van der Waals surface area contributed by atoms with Gasteiger partial charge in [0.05, 0.1) is 6.61 Å². The maximum Gasteiger partial charge on any atom is 0.306 e. The fraction of sp³-hybridized carbons (Fsp3) is 0.957. The molecule has 1 atom stereocenters. The molecule has 0 aliphatic heterocycles. The molecule has 6 nitrogen and oxygen atoms in total. The number of aliphatic hydroxyl groups excluding tert-OH is 1. The number of esters is 2. The van der Waals surface area contributed by atoms with Gasteiger partial charge in [-0.2, -0.15) is 0 Å². The Morgan fingerprint density at radius 2 is 0.923 bits per heavy atom. The summed E-state index contributed by atoms with van der Waals surface area (Å²) >= 11 is 0. The smallest absolute Gasteiger partial charge is 0.306 e. The molecule has 0 aromatic rings. The molecule has 0 aromatic heterocycles. The third-order valence-corrected chi connectivity index (χ3v) is 10.9. The van der Waals surface area contributed by atoms with Gasteiger partial charge in [0, 0.05) is 19.4 Å². The number of carbonyl (C=O) groups is 2. The molecule has 0 bridgehead atoms. The Balaban J connectivity index is 4.22. The largest absolute Gasteiger partial charge is 0.462 e. The molecule has 0 aliphatic rings. The molecule has 0 spiro atoms. The normalized spacial score (nSPS) is 12.8. The first-order valence-electron chi connectivity index (χ1n) is 23.1. The third kappa shape index (κ3) is 33.4. The van der Waals surface area contributed by atoms with Crippen LogP contribution in [-0.2, 0) is 19.1 Å². The maximum atomic E-state index is 12.7. The summed E-state index contributed by atoms with van der Waals surface area (Å²) in [4.78, 5) is 27.8.